The fraction of sp³-hybridized carbons (Fsp3) is 0.111. The molecule has 0 aliphatic heterocycles. The first-order valence-electron chi connectivity index (χ1n) is 6.98. The molecule has 0 saturated heterocycles. The molecule has 4 nitrogen and oxygen atoms in total. The molecule has 0 unspecified atom stereocenters. The van der Waals surface area contributed by atoms with Gasteiger partial charge in [0.1, 0.15) is 0 Å². The minimum Gasteiger partial charge on any atom is -0.398 e. The molecule has 0 radical (unpaired) electrons. The quantitative estimate of drug-likeness (QED) is 0.608. The van der Waals surface area contributed by atoms with Crippen LogP contribution in [-0.2, 0) is 6.42 Å². The standard InChI is InChI=1S/C18H19N3O/c1-3-15-16(4-2)18(10-9-17(15)19)21-20-14-7-5-13(6-8-14)11-12-22/h3-10,22H,1-2,11-12,19H2. The molecule has 0 heterocycles. The number of nitrogens with two attached hydrogens (primary N) is 1. The van der Waals surface area contributed by atoms with Crippen LogP contribution in [0.25, 0.3) is 12.2 Å². The summed E-state index contributed by atoms with van der Waals surface area (Å²) in [6.07, 6.45) is 4.03. The molecule has 0 aromatic heterocycles. The Morgan fingerprint density at radius 3 is 2.23 bits per heavy atom. The van der Waals surface area contributed by atoms with E-state index >= 15 is 0 Å². The number of nitrogens with zero attached hydrogens (tertiary/aromatic N) is 2. The molecule has 2 aromatic carbocycles. The largest absolute Gasteiger partial charge is 0.398 e. The van der Waals surface area contributed by atoms with Gasteiger partial charge in [-0.2, -0.15) is 5.11 Å². The average Bonchev–Trinajstić information content (AvgIpc) is 2.54. The molecule has 0 bridgehead atoms. The minimum absolute atomic E-state index is 0.138. The third-order valence-electron chi connectivity index (χ3n) is 3.32. The van der Waals surface area contributed by atoms with E-state index in [4.69, 9.17) is 10.8 Å². The molecule has 112 valence electrons. The third kappa shape index (κ3) is 3.48. The van der Waals surface area contributed by atoms with Crippen molar-refractivity contribution in [2.75, 3.05) is 12.3 Å². The van der Waals surface area contributed by atoms with Gasteiger partial charge in [-0.15, -0.1) is 5.11 Å². The fourth-order valence-electron chi connectivity index (χ4n) is 2.14. The molecular formula is C18H19N3O. The number of aliphatic hydroxyl groups is 1. The number of aliphatic hydroxyl groups excluding tert-OH is 1. The van der Waals surface area contributed by atoms with E-state index in [2.05, 4.69) is 23.4 Å². The summed E-state index contributed by atoms with van der Waals surface area (Å²) < 4.78 is 0. The Hall–Kier alpha value is -2.72. The Kier molecular flexibility index (Phi) is 5.22. The SMILES string of the molecule is C=Cc1c(N)ccc(N=Nc2ccc(CCO)cc2)c1C=C. The summed E-state index contributed by atoms with van der Waals surface area (Å²) in [4.78, 5) is 0. The van der Waals surface area contributed by atoms with Crippen molar-refractivity contribution in [2.45, 2.75) is 6.42 Å². The second-order valence-corrected chi connectivity index (χ2v) is 4.75. The fourth-order valence-corrected chi connectivity index (χ4v) is 2.14. The summed E-state index contributed by atoms with van der Waals surface area (Å²) in [7, 11) is 0. The predicted molar refractivity (Wildman–Crippen MR) is 92.4 cm³/mol. The van der Waals surface area contributed by atoms with Crippen LogP contribution < -0.4 is 5.73 Å². The first-order valence-corrected chi connectivity index (χ1v) is 6.98. The van der Waals surface area contributed by atoms with Gasteiger partial charge in [0.15, 0.2) is 0 Å². The van der Waals surface area contributed by atoms with Gasteiger partial charge < -0.3 is 10.8 Å². The Balaban J connectivity index is 2.30. The molecule has 0 saturated carbocycles. The normalized spacial score (nSPS) is 10.8. The van der Waals surface area contributed by atoms with E-state index in [9.17, 15) is 0 Å². The van der Waals surface area contributed by atoms with Gasteiger partial charge >= 0.3 is 0 Å². The lowest BCUT2D eigenvalue weighted by atomic mass is 10.0. The minimum atomic E-state index is 0.138. The van der Waals surface area contributed by atoms with Crippen molar-refractivity contribution in [2.24, 2.45) is 10.2 Å². The maximum atomic E-state index is 8.90. The summed E-state index contributed by atoms with van der Waals surface area (Å²) in [5.74, 6) is 0. The molecule has 0 aliphatic rings. The van der Waals surface area contributed by atoms with Crippen molar-refractivity contribution in [1.82, 2.24) is 0 Å². The number of rotatable bonds is 6. The zero-order valence-electron chi connectivity index (χ0n) is 12.4. The van der Waals surface area contributed by atoms with Crippen molar-refractivity contribution in [3.8, 4) is 0 Å². The zero-order valence-corrected chi connectivity index (χ0v) is 12.4. The van der Waals surface area contributed by atoms with Crippen molar-refractivity contribution in [3.05, 3.63) is 66.2 Å². The highest BCUT2D eigenvalue weighted by Crippen LogP contribution is 2.30. The molecule has 2 aromatic rings. The molecule has 2 rings (SSSR count). The monoisotopic (exact) mass is 293 g/mol. The van der Waals surface area contributed by atoms with Crippen LogP contribution >= 0.6 is 0 Å². The topological polar surface area (TPSA) is 71.0 Å². The van der Waals surface area contributed by atoms with Crippen LogP contribution in [0.15, 0.2) is 59.8 Å². The highest BCUT2D eigenvalue weighted by molar-refractivity contribution is 5.80. The Morgan fingerprint density at radius 2 is 1.64 bits per heavy atom. The smallest absolute Gasteiger partial charge is 0.0936 e. The molecule has 4 heteroatoms. The predicted octanol–water partition coefficient (Wildman–Crippen LogP) is 4.51. The van der Waals surface area contributed by atoms with Crippen molar-refractivity contribution in [1.29, 1.82) is 0 Å². The first-order chi connectivity index (χ1) is 10.7. The first kappa shape index (κ1) is 15.7. The maximum Gasteiger partial charge on any atom is 0.0936 e. The summed E-state index contributed by atoms with van der Waals surface area (Å²) in [6.45, 7) is 7.70. The van der Waals surface area contributed by atoms with Crippen molar-refractivity contribution < 1.29 is 5.11 Å². The van der Waals surface area contributed by atoms with E-state index < -0.39 is 0 Å². The number of anilines is 1. The average molecular weight is 293 g/mol. The number of hydrogen-bond acceptors (Lipinski definition) is 4. The Morgan fingerprint density at radius 1 is 0.955 bits per heavy atom. The van der Waals surface area contributed by atoms with Gasteiger partial charge in [-0.05, 0) is 36.2 Å². The summed E-state index contributed by atoms with van der Waals surface area (Å²) >= 11 is 0. The van der Waals surface area contributed by atoms with E-state index in [0.717, 1.165) is 22.4 Å². The Bertz CT molecular complexity index is 703. The van der Waals surface area contributed by atoms with Crippen molar-refractivity contribution in [3.63, 3.8) is 0 Å². The molecule has 0 aliphatic carbocycles. The number of nitrogen functional groups attached to an aromatic ring is 1. The second-order valence-electron chi connectivity index (χ2n) is 4.75. The summed E-state index contributed by atoms with van der Waals surface area (Å²) in [5, 5.41) is 17.4. The van der Waals surface area contributed by atoms with Gasteiger partial charge in [0.25, 0.3) is 0 Å². The lowest BCUT2D eigenvalue weighted by Gasteiger charge is -2.07. The van der Waals surface area contributed by atoms with Crippen LogP contribution in [0.3, 0.4) is 0 Å². The van der Waals surface area contributed by atoms with Gasteiger partial charge in [-0.25, -0.2) is 0 Å². The maximum absolute atomic E-state index is 8.90. The third-order valence-corrected chi connectivity index (χ3v) is 3.32. The lowest BCUT2D eigenvalue weighted by Crippen LogP contribution is -1.92. The van der Waals surface area contributed by atoms with Gasteiger partial charge in [0.2, 0.25) is 0 Å². The van der Waals surface area contributed by atoms with Gasteiger partial charge in [0, 0.05) is 23.4 Å². The van der Waals surface area contributed by atoms with E-state index in [1.807, 2.05) is 30.3 Å². The molecule has 0 amide bonds. The van der Waals surface area contributed by atoms with Crippen LogP contribution in [0.2, 0.25) is 0 Å². The van der Waals surface area contributed by atoms with Crippen LogP contribution in [0.4, 0.5) is 17.1 Å². The van der Waals surface area contributed by atoms with Crippen LogP contribution in [-0.4, -0.2) is 11.7 Å². The van der Waals surface area contributed by atoms with Crippen LogP contribution in [0.1, 0.15) is 16.7 Å². The van der Waals surface area contributed by atoms with E-state index in [0.29, 0.717) is 17.8 Å². The summed E-state index contributed by atoms with van der Waals surface area (Å²) in [5.41, 5.74) is 10.7. The van der Waals surface area contributed by atoms with Gasteiger partial charge in [-0.3, -0.25) is 0 Å². The highest BCUT2D eigenvalue weighted by Gasteiger charge is 2.06. The number of hydrogen-bond donors (Lipinski definition) is 2. The van der Waals surface area contributed by atoms with Crippen LogP contribution in [0, 0.1) is 0 Å². The lowest BCUT2D eigenvalue weighted by molar-refractivity contribution is 0.299. The molecule has 0 atom stereocenters. The molecular weight excluding hydrogens is 274 g/mol. The van der Waals surface area contributed by atoms with Crippen molar-refractivity contribution >= 4 is 29.2 Å². The van der Waals surface area contributed by atoms with Crippen LogP contribution in [0.5, 0.6) is 0 Å². The Labute approximate surface area is 130 Å². The number of benzene rings is 2. The zero-order chi connectivity index (χ0) is 15.9. The molecule has 3 N–H and O–H groups in total. The molecule has 0 spiro atoms. The van der Waals surface area contributed by atoms with Gasteiger partial charge in [0.05, 0.1) is 11.4 Å². The van der Waals surface area contributed by atoms with E-state index in [1.165, 1.54) is 0 Å². The van der Waals surface area contributed by atoms with E-state index in [-0.39, 0.29) is 6.61 Å². The van der Waals surface area contributed by atoms with Gasteiger partial charge in [-0.1, -0.05) is 37.4 Å². The van der Waals surface area contributed by atoms with E-state index in [1.54, 1.807) is 18.2 Å². The number of azo groups is 1. The summed E-state index contributed by atoms with van der Waals surface area (Å²) in [6, 6.07) is 11.2. The highest BCUT2D eigenvalue weighted by atomic mass is 16.2. The second kappa shape index (κ2) is 7.33. The molecule has 0 fully saturated rings. The molecule has 22 heavy (non-hydrogen) atoms.